The van der Waals surface area contributed by atoms with E-state index in [9.17, 15) is 0 Å². The van der Waals surface area contributed by atoms with E-state index in [1.807, 2.05) is 24.3 Å². The Hall–Kier alpha value is -1.31. The largest absolute Gasteiger partial charge is 0.497 e. The van der Waals surface area contributed by atoms with Gasteiger partial charge in [0.15, 0.2) is 0 Å². The third-order valence-corrected chi connectivity index (χ3v) is 2.94. The molecule has 0 heterocycles. The summed E-state index contributed by atoms with van der Waals surface area (Å²) in [6, 6.07) is 7.68. The molecule has 0 aliphatic carbocycles. The van der Waals surface area contributed by atoms with Gasteiger partial charge in [0.05, 0.1) is 7.11 Å². The second-order valence-corrected chi connectivity index (χ2v) is 4.34. The van der Waals surface area contributed by atoms with E-state index < -0.39 is 0 Å². The first-order valence-electron chi connectivity index (χ1n) is 5.24. The van der Waals surface area contributed by atoms with Gasteiger partial charge in [0, 0.05) is 11.1 Å². The highest BCUT2D eigenvalue weighted by molar-refractivity contribution is 6.02. The minimum atomic E-state index is -0.0609. The van der Waals surface area contributed by atoms with Gasteiger partial charge in [-0.25, -0.2) is 0 Å². The molecule has 0 spiro atoms. The van der Waals surface area contributed by atoms with Crippen LogP contribution in [0.25, 0.3) is 0 Å². The molecule has 0 unspecified atom stereocenters. The van der Waals surface area contributed by atoms with Crippen LogP contribution in [-0.4, -0.2) is 12.8 Å². The number of rotatable bonds is 4. The average molecular weight is 205 g/mol. The lowest BCUT2D eigenvalue weighted by molar-refractivity contribution is 0.414. The monoisotopic (exact) mass is 205 g/mol. The second-order valence-electron chi connectivity index (χ2n) is 4.34. The number of hydrogen-bond donors (Lipinski definition) is 1. The molecule has 0 saturated heterocycles. The molecular weight excluding hydrogens is 186 g/mol. The molecule has 1 aromatic rings. The Morgan fingerprint density at radius 2 is 1.80 bits per heavy atom. The van der Waals surface area contributed by atoms with Crippen molar-refractivity contribution in [2.45, 2.75) is 27.2 Å². The fourth-order valence-corrected chi connectivity index (χ4v) is 1.33. The predicted molar refractivity (Wildman–Crippen MR) is 63.9 cm³/mol. The van der Waals surface area contributed by atoms with E-state index in [-0.39, 0.29) is 5.41 Å². The summed E-state index contributed by atoms with van der Waals surface area (Å²) < 4.78 is 5.09. The van der Waals surface area contributed by atoms with Crippen LogP contribution >= 0.6 is 0 Å². The van der Waals surface area contributed by atoms with E-state index in [1.54, 1.807) is 7.11 Å². The van der Waals surface area contributed by atoms with Crippen LogP contribution in [0.5, 0.6) is 5.75 Å². The second kappa shape index (κ2) is 4.47. The maximum atomic E-state index is 8.12. The quantitative estimate of drug-likeness (QED) is 0.750. The molecule has 82 valence electrons. The molecule has 0 aliphatic rings. The van der Waals surface area contributed by atoms with Crippen molar-refractivity contribution in [3.8, 4) is 5.75 Å². The Labute approximate surface area is 91.8 Å². The molecule has 0 bridgehead atoms. The zero-order valence-corrected chi connectivity index (χ0v) is 9.92. The third kappa shape index (κ3) is 2.58. The molecule has 0 radical (unpaired) electrons. The van der Waals surface area contributed by atoms with Gasteiger partial charge in [-0.05, 0) is 36.2 Å². The molecule has 15 heavy (non-hydrogen) atoms. The van der Waals surface area contributed by atoms with Gasteiger partial charge in [-0.3, -0.25) is 0 Å². The van der Waals surface area contributed by atoms with Crippen molar-refractivity contribution in [1.82, 2.24) is 0 Å². The van der Waals surface area contributed by atoms with Crippen molar-refractivity contribution in [2.24, 2.45) is 5.41 Å². The predicted octanol–water partition coefficient (Wildman–Crippen LogP) is 3.50. The zero-order valence-electron chi connectivity index (χ0n) is 9.92. The number of ether oxygens (including phenoxy) is 1. The number of benzene rings is 1. The highest BCUT2D eigenvalue weighted by atomic mass is 16.5. The van der Waals surface area contributed by atoms with Crippen LogP contribution in [0.1, 0.15) is 32.8 Å². The summed E-state index contributed by atoms with van der Waals surface area (Å²) in [4.78, 5) is 0. The minimum Gasteiger partial charge on any atom is -0.497 e. The lowest BCUT2D eigenvalue weighted by atomic mass is 9.81. The first-order valence-corrected chi connectivity index (χ1v) is 5.24. The summed E-state index contributed by atoms with van der Waals surface area (Å²) in [6.07, 6.45) is 0.970. The van der Waals surface area contributed by atoms with Crippen LogP contribution in [0.2, 0.25) is 0 Å². The fraction of sp³-hybridized carbons (Fsp3) is 0.462. The average Bonchev–Trinajstić information content (AvgIpc) is 2.28. The van der Waals surface area contributed by atoms with E-state index in [0.717, 1.165) is 17.7 Å². The van der Waals surface area contributed by atoms with Crippen molar-refractivity contribution >= 4 is 5.71 Å². The van der Waals surface area contributed by atoms with E-state index in [2.05, 4.69) is 20.8 Å². The van der Waals surface area contributed by atoms with Gasteiger partial charge in [0.25, 0.3) is 0 Å². The van der Waals surface area contributed by atoms with Gasteiger partial charge in [0.2, 0.25) is 0 Å². The highest BCUT2D eigenvalue weighted by Crippen LogP contribution is 2.26. The SMILES string of the molecule is CCC(C)(C)C(=N)c1ccc(OC)cc1. The Morgan fingerprint density at radius 3 is 2.20 bits per heavy atom. The Bertz CT molecular complexity index is 338. The Balaban J connectivity index is 2.92. The Morgan fingerprint density at radius 1 is 1.27 bits per heavy atom. The molecule has 0 saturated carbocycles. The molecule has 0 atom stereocenters. The Kier molecular flexibility index (Phi) is 3.51. The third-order valence-electron chi connectivity index (χ3n) is 2.94. The summed E-state index contributed by atoms with van der Waals surface area (Å²) in [7, 11) is 1.65. The zero-order chi connectivity index (χ0) is 11.5. The van der Waals surface area contributed by atoms with E-state index in [0.29, 0.717) is 5.71 Å². The summed E-state index contributed by atoms with van der Waals surface area (Å²) in [5.74, 6) is 0.834. The van der Waals surface area contributed by atoms with Crippen LogP contribution < -0.4 is 4.74 Å². The first kappa shape index (κ1) is 11.8. The fourth-order valence-electron chi connectivity index (χ4n) is 1.33. The van der Waals surface area contributed by atoms with Gasteiger partial charge in [-0.2, -0.15) is 0 Å². The van der Waals surface area contributed by atoms with Crippen LogP contribution in [0.4, 0.5) is 0 Å². The molecule has 0 aromatic heterocycles. The van der Waals surface area contributed by atoms with E-state index >= 15 is 0 Å². The minimum absolute atomic E-state index is 0.0609. The normalized spacial score (nSPS) is 11.2. The molecule has 1 N–H and O–H groups in total. The van der Waals surface area contributed by atoms with Crippen molar-refractivity contribution in [3.63, 3.8) is 0 Å². The topological polar surface area (TPSA) is 33.1 Å². The summed E-state index contributed by atoms with van der Waals surface area (Å²) in [5.41, 5.74) is 1.60. The summed E-state index contributed by atoms with van der Waals surface area (Å²) in [5, 5.41) is 8.12. The number of methoxy groups -OCH3 is 1. The van der Waals surface area contributed by atoms with Crippen molar-refractivity contribution in [1.29, 1.82) is 5.41 Å². The molecule has 2 nitrogen and oxygen atoms in total. The van der Waals surface area contributed by atoms with E-state index in [1.165, 1.54) is 0 Å². The van der Waals surface area contributed by atoms with Crippen molar-refractivity contribution in [2.75, 3.05) is 7.11 Å². The van der Waals surface area contributed by atoms with Crippen LogP contribution in [0, 0.1) is 10.8 Å². The molecule has 1 rings (SSSR count). The lowest BCUT2D eigenvalue weighted by Crippen LogP contribution is -2.23. The van der Waals surface area contributed by atoms with Gasteiger partial charge >= 0.3 is 0 Å². The molecule has 0 fully saturated rings. The van der Waals surface area contributed by atoms with Crippen LogP contribution in [-0.2, 0) is 0 Å². The number of hydrogen-bond acceptors (Lipinski definition) is 2. The first-order chi connectivity index (χ1) is 7.01. The molecule has 0 amide bonds. The maximum Gasteiger partial charge on any atom is 0.118 e. The van der Waals surface area contributed by atoms with Crippen LogP contribution in [0.3, 0.4) is 0 Å². The van der Waals surface area contributed by atoms with Gasteiger partial charge in [-0.1, -0.05) is 20.8 Å². The molecular formula is C13H19NO. The van der Waals surface area contributed by atoms with E-state index in [4.69, 9.17) is 10.1 Å². The van der Waals surface area contributed by atoms with Crippen LogP contribution in [0.15, 0.2) is 24.3 Å². The molecule has 1 aromatic carbocycles. The standard InChI is InChI=1S/C13H19NO/c1-5-13(2,3)12(14)10-6-8-11(15-4)9-7-10/h6-9,14H,5H2,1-4H3. The van der Waals surface area contributed by atoms with Gasteiger partial charge < -0.3 is 10.1 Å². The highest BCUT2D eigenvalue weighted by Gasteiger charge is 2.22. The molecule has 2 heteroatoms. The smallest absolute Gasteiger partial charge is 0.118 e. The maximum absolute atomic E-state index is 8.12. The van der Waals surface area contributed by atoms with Gasteiger partial charge in [-0.15, -0.1) is 0 Å². The summed E-state index contributed by atoms with van der Waals surface area (Å²) >= 11 is 0. The van der Waals surface area contributed by atoms with Crippen molar-refractivity contribution < 1.29 is 4.74 Å². The summed E-state index contributed by atoms with van der Waals surface area (Å²) in [6.45, 7) is 6.30. The number of nitrogens with one attached hydrogen (secondary N) is 1. The molecule has 0 aliphatic heterocycles. The lowest BCUT2D eigenvalue weighted by Gasteiger charge is -2.24. The van der Waals surface area contributed by atoms with Gasteiger partial charge in [0.1, 0.15) is 5.75 Å². The van der Waals surface area contributed by atoms with Crippen molar-refractivity contribution in [3.05, 3.63) is 29.8 Å².